The van der Waals surface area contributed by atoms with Crippen LogP contribution in [-0.4, -0.2) is 55.7 Å². The minimum atomic E-state index is 0.562. The van der Waals surface area contributed by atoms with E-state index >= 15 is 0 Å². The number of rotatable bonds is 8. The second-order valence-corrected chi connectivity index (χ2v) is 8.68. The Kier molecular flexibility index (Phi) is 6.95. The van der Waals surface area contributed by atoms with Crippen LogP contribution in [0.4, 0.5) is 11.4 Å². The number of aromatic nitrogens is 2. The standard InChI is InChI=1S/C28H31N5O2/c1-31-21-22(27-8-3-4-9-28(27)31)20-30-32(2)24-17-25(33-12-15-34-16-13-33)19-26(18-24)35-14-10-23-7-5-6-11-29-23/h3-9,11,17-21H,10,12-16H2,1-2H3/b30-20+. The summed E-state index contributed by atoms with van der Waals surface area (Å²) in [5, 5.41) is 7.86. The first-order valence-electron chi connectivity index (χ1n) is 12.0. The zero-order valence-electron chi connectivity index (χ0n) is 20.3. The molecule has 0 radical (unpaired) electrons. The third kappa shape index (κ3) is 5.46. The molecule has 180 valence electrons. The van der Waals surface area contributed by atoms with E-state index in [1.807, 2.05) is 48.7 Å². The van der Waals surface area contributed by atoms with Crippen molar-refractivity contribution in [2.24, 2.45) is 12.1 Å². The quantitative estimate of drug-likeness (QED) is 0.281. The smallest absolute Gasteiger partial charge is 0.123 e. The van der Waals surface area contributed by atoms with Crippen molar-refractivity contribution in [3.8, 4) is 5.75 Å². The highest BCUT2D eigenvalue weighted by Crippen LogP contribution is 2.30. The predicted octanol–water partition coefficient (Wildman–Crippen LogP) is 4.50. The molecule has 3 heterocycles. The molecule has 0 saturated carbocycles. The van der Waals surface area contributed by atoms with E-state index in [0.29, 0.717) is 6.61 Å². The van der Waals surface area contributed by atoms with Crippen molar-refractivity contribution in [1.29, 1.82) is 0 Å². The highest BCUT2D eigenvalue weighted by molar-refractivity contribution is 5.99. The third-order valence-electron chi connectivity index (χ3n) is 6.28. The van der Waals surface area contributed by atoms with E-state index in [4.69, 9.17) is 14.6 Å². The maximum atomic E-state index is 6.18. The van der Waals surface area contributed by atoms with Crippen LogP contribution in [0.3, 0.4) is 0 Å². The summed E-state index contributed by atoms with van der Waals surface area (Å²) in [5.74, 6) is 0.826. The Morgan fingerprint density at radius 2 is 1.91 bits per heavy atom. The summed E-state index contributed by atoms with van der Waals surface area (Å²) in [5.41, 5.74) is 5.39. The van der Waals surface area contributed by atoms with Crippen LogP contribution in [0.15, 0.2) is 78.2 Å². The van der Waals surface area contributed by atoms with Gasteiger partial charge in [0.05, 0.1) is 31.7 Å². The van der Waals surface area contributed by atoms with Crippen molar-refractivity contribution >= 4 is 28.5 Å². The van der Waals surface area contributed by atoms with Gasteiger partial charge in [-0.15, -0.1) is 0 Å². The number of fused-ring (bicyclic) bond motifs is 1. The number of aryl methyl sites for hydroxylation is 1. The van der Waals surface area contributed by atoms with Gasteiger partial charge in [-0.2, -0.15) is 5.10 Å². The summed E-state index contributed by atoms with van der Waals surface area (Å²) < 4.78 is 13.9. The van der Waals surface area contributed by atoms with Gasteiger partial charge in [0, 0.05) is 86.0 Å². The average Bonchev–Trinajstić information content (AvgIpc) is 3.23. The third-order valence-corrected chi connectivity index (χ3v) is 6.28. The number of pyridine rings is 1. The van der Waals surface area contributed by atoms with Gasteiger partial charge in [-0.25, -0.2) is 0 Å². The Bertz CT molecular complexity index is 1300. The molecule has 4 aromatic rings. The van der Waals surface area contributed by atoms with E-state index in [2.05, 4.69) is 64.1 Å². The molecule has 1 saturated heterocycles. The summed E-state index contributed by atoms with van der Waals surface area (Å²) in [6, 6.07) is 20.6. The topological polar surface area (TPSA) is 55.1 Å². The molecule has 7 heteroatoms. The van der Waals surface area contributed by atoms with Gasteiger partial charge >= 0.3 is 0 Å². The van der Waals surface area contributed by atoms with Gasteiger partial charge in [-0.3, -0.25) is 9.99 Å². The molecule has 0 atom stereocenters. The molecule has 0 spiro atoms. The Morgan fingerprint density at radius 3 is 2.74 bits per heavy atom. The van der Waals surface area contributed by atoms with Crippen molar-refractivity contribution in [3.63, 3.8) is 0 Å². The minimum absolute atomic E-state index is 0.562. The number of hydrogen-bond acceptors (Lipinski definition) is 6. The predicted molar refractivity (Wildman–Crippen MR) is 142 cm³/mol. The molecule has 2 aromatic heterocycles. The van der Waals surface area contributed by atoms with Crippen LogP contribution in [0.1, 0.15) is 11.3 Å². The number of benzene rings is 2. The Hall–Kier alpha value is -3.84. The lowest BCUT2D eigenvalue weighted by atomic mass is 10.2. The molecule has 1 fully saturated rings. The Labute approximate surface area is 206 Å². The molecule has 0 amide bonds. The largest absolute Gasteiger partial charge is 0.493 e. The molecule has 1 aliphatic rings. The molecule has 0 unspecified atom stereocenters. The number of anilines is 2. The summed E-state index contributed by atoms with van der Waals surface area (Å²) in [4.78, 5) is 6.73. The highest BCUT2D eigenvalue weighted by Gasteiger charge is 2.15. The van der Waals surface area contributed by atoms with E-state index < -0.39 is 0 Å². The molecule has 5 rings (SSSR count). The van der Waals surface area contributed by atoms with E-state index in [-0.39, 0.29) is 0 Å². The first-order valence-corrected chi connectivity index (χ1v) is 12.0. The normalized spacial score (nSPS) is 14.1. The van der Waals surface area contributed by atoms with Crippen molar-refractivity contribution in [3.05, 3.63) is 84.3 Å². The van der Waals surface area contributed by atoms with Crippen LogP contribution in [-0.2, 0) is 18.2 Å². The van der Waals surface area contributed by atoms with Crippen molar-refractivity contribution in [1.82, 2.24) is 9.55 Å². The zero-order valence-corrected chi connectivity index (χ0v) is 20.3. The minimum Gasteiger partial charge on any atom is -0.493 e. The van der Waals surface area contributed by atoms with Gasteiger partial charge in [-0.05, 0) is 24.3 Å². The Balaban J connectivity index is 1.37. The second kappa shape index (κ2) is 10.6. The van der Waals surface area contributed by atoms with Crippen LogP contribution in [0.2, 0.25) is 0 Å². The van der Waals surface area contributed by atoms with Gasteiger partial charge < -0.3 is 18.9 Å². The van der Waals surface area contributed by atoms with Gasteiger partial charge in [0.15, 0.2) is 0 Å². The number of para-hydroxylation sites is 1. The van der Waals surface area contributed by atoms with E-state index in [1.54, 1.807) is 0 Å². The molecule has 7 nitrogen and oxygen atoms in total. The number of ether oxygens (including phenoxy) is 2. The van der Waals surface area contributed by atoms with Gasteiger partial charge in [-0.1, -0.05) is 24.3 Å². The zero-order chi connectivity index (χ0) is 24.0. The van der Waals surface area contributed by atoms with Crippen LogP contribution in [0.5, 0.6) is 5.75 Å². The summed E-state index contributed by atoms with van der Waals surface area (Å²) >= 11 is 0. The molecular weight excluding hydrogens is 438 g/mol. The van der Waals surface area contributed by atoms with Crippen LogP contribution in [0, 0.1) is 0 Å². The number of hydrogen-bond donors (Lipinski definition) is 0. The number of nitrogens with zero attached hydrogens (tertiary/aromatic N) is 5. The molecule has 1 aliphatic heterocycles. The highest BCUT2D eigenvalue weighted by atomic mass is 16.5. The number of hydrazone groups is 1. The number of morpholine rings is 1. The SMILES string of the molecule is CN(/N=C/c1cn(C)c2ccccc12)c1cc(OCCc2ccccn2)cc(N2CCOCC2)c1. The lowest BCUT2D eigenvalue weighted by Crippen LogP contribution is -2.36. The van der Waals surface area contributed by atoms with Crippen LogP contribution in [0.25, 0.3) is 10.9 Å². The summed E-state index contributed by atoms with van der Waals surface area (Å²) in [7, 11) is 4.03. The van der Waals surface area contributed by atoms with E-state index in [9.17, 15) is 0 Å². The van der Waals surface area contributed by atoms with Gasteiger partial charge in [0.25, 0.3) is 0 Å². The van der Waals surface area contributed by atoms with E-state index in [0.717, 1.165) is 61.1 Å². The van der Waals surface area contributed by atoms with Crippen molar-refractivity contribution < 1.29 is 9.47 Å². The molecular formula is C28H31N5O2. The molecule has 0 aliphatic carbocycles. The van der Waals surface area contributed by atoms with Crippen molar-refractivity contribution in [2.45, 2.75) is 6.42 Å². The fraction of sp³-hybridized carbons (Fsp3) is 0.286. The monoisotopic (exact) mass is 469 g/mol. The van der Waals surface area contributed by atoms with Crippen LogP contribution >= 0.6 is 0 Å². The maximum absolute atomic E-state index is 6.18. The lowest BCUT2D eigenvalue weighted by molar-refractivity contribution is 0.122. The average molecular weight is 470 g/mol. The molecule has 35 heavy (non-hydrogen) atoms. The summed E-state index contributed by atoms with van der Waals surface area (Å²) in [6.07, 6.45) is 6.60. The fourth-order valence-electron chi connectivity index (χ4n) is 4.35. The molecule has 0 N–H and O–H groups in total. The second-order valence-electron chi connectivity index (χ2n) is 8.68. The Morgan fingerprint density at radius 1 is 1.09 bits per heavy atom. The van der Waals surface area contributed by atoms with E-state index in [1.165, 1.54) is 10.9 Å². The molecule has 0 bridgehead atoms. The van der Waals surface area contributed by atoms with Gasteiger partial charge in [0.2, 0.25) is 0 Å². The molecule has 2 aromatic carbocycles. The maximum Gasteiger partial charge on any atom is 0.123 e. The first-order chi connectivity index (χ1) is 17.2. The van der Waals surface area contributed by atoms with Crippen molar-refractivity contribution in [2.75, 3.05) is 49.9 Å². The first kappa shape index (κ1) is 22.9. The van der Waals surface area contributed by atoms with Gasteiger partial charge in [0.1, 0.15) is 5.75 Å². The lowest BCUT2D eigenvalue weighted by Gasteiger charge is -2.30. The summed E-state index contributed by atoms with van der Waals surface area (Å²) in [6.45, 7) is 3.75. The van der Waals surface area contributed by atoms with Crippen LogP contribution < -0.4 is 14.6 Å². The fourth-order valence-corrected chi connectivity index (χ4v) is 4.35.